The van der Waals surface area contributed by atoms with Crippen molar-refractivity contribution in [1.29, 1.82) is 0 Å². The summed E-state index contributed by atoms with van der Waals surface area (Å²) in [7, 11) is 1.66. The van der Waals surface area contributed by atoms with Crippen LogP contribution in [0.4, 0.5) is 5.69 Å². The molecule has 2 saturated heterocycles. The fourth-order valence-electron chi connectivity index (χ4n) is 4.83. The van der Waals surface area contributed by atoms with Crippen LogP contribution in [-0.2, 0) is 19.1 Å². The van der Waals surface area contributed by atoms with Gasteiger partial charge in [-0.15, -0.1) is 0 Å². The number of hydrogen-bond donors (Lipinski definition) is 0. The van der Waals surface area contributed by atoms with E-state index in [2.05, 4.69) is 22.0 Å². The van der Waals surface area contributed by atoms with Crippen LogP contribution in [-0.4, -0.2) is 79.1 Å². The number of rotatable bonds is 8. The Morgan fingerprint density at radius 2 is 1.83 bits per heavy atom. The fourth-order valence-corrected chi connectivity index (χ4v) is 5.12. The second-order valence-electron chi connectivity index (χ2n) is 9.11. The van der Waals surface area contributed by atoms with E-state index in [1.807, 2.05) is 17.0 Å². The zero-order valence-electron chi connectivity index (χ0n) is 20.4. The molecule has 1 aliphatic carbocycles. The standard InChI is InChI=1S/C26H30N4O5S/c1-33-19-8-6-18(7-9-19)28-11-13-29(14-12-28)24(31)5-3-2-4-10-30-25(32)20-15-22-23(35-17-34-22)16-21(20)27-26(30)36/h6-9,15-16,20H,2-5,10-14,17H2,1H3. The number of thiocarbonyl (C=S) groups is 1. The summed E-state index contributed by atoms with van der Waals surface area (Å²) in [5, 5.41) is 0.282. The number of carbonyl (C=O) groups excluding carboxylic acids is 2. The van der Waals surface area contributed by atoms with Crippen molar-refractivity contribution in [1.82, 2.24) is 9.80 Å². The number of methoxy groups -OCH3 is 1. The number of hydrogen-bond acceptors (Lipinski definition) is 7. The molecule has 3 heterocycles. The van der Waals surface area contributed by atoms with Crippen LogP contribution in [0.5, 0.6) is 5.75 Å². The lowest BCUT2D eigenvalue weighted by Crippen LogP contribution is -2.48. The third-order valence-electron chi connectivity index (χ3n) is 6.92. The van der Waals surface area contributed by atoms with Crippen molar-refractivity contribution in [3.8, 4) is 5.75 Å². The maximum absolute atomic E-state index is 13.0. The molecule has 0 radical (unpaired) electrons. The van der Waals surface area contributed by atoms with Crippen LogP contribution in [0.2, 0.25) is 0 Å². The molecule has 9 nitrogen and oxygen atoms in total. The summed E-state index contributed by atoms with van der Waals surface area (Å²) in [6, 6.07) is 8.02. The van der Waals surface area contributed by atoms with Gasteiger partial charge in [0.25, 0.3) is 0 Å². The molecule has 0 spiro atoms. The van der Waals surface area contributed by atoms with E-state index >= 15 is 0 Å². The fraction of sp³-hybridized carbons (Fsp3) is 0.462. The lowest BCUT2D eigenvalue weighted by atomic mass is 9.93. The summed E-state index contributed by atoms with van der Waals surface area (Å²) >= 11 is 5.38. The van der Waals surface area contributed by atoms with E-state index < -0.39 is 5.92 Å². The molecular formula is C26H30N4O5S. The van der Waals surface area contributed by atoms with E-state index in [4.69, 9.17) is 26.4 Å². The number of anilines is 1. The summed E-state index contributed by atoms with van der Waals surface area (Å²) in [5.74, 6) is 1.64. The number of ether oxygens (including phenoxy) is 3. The first-order chi connectivity index (χ1) is 17.5. The second-order valence-corrected chi connectivity index (χ2v) is 9.47. The maximum atomic E-state index is 13.0. The lowest BCUT2D eigenvalue weighted by Gasteiger charge is -2.36. The molecule has 0 saturated carbocycles. The molecule has 3 aliphatic heterocycles. The number of carbonyl (C=O) groups is 2. The Hall–Kier alpha value is -3.40. The first-order valence-electron chi connectivity index (χ1n) is 12.3. The Labute approximate surface area is 216 Å². The minimum atomic E-state index is -0.490. The molecule has 1 aromatic carbocycles. The van der Waals surface area contributed by atoms with E-state index in [9.17, 15) is 9.59 Å². The number of benzene rings is 1. The van der Waals surface area contributed by atoms with Crippen LogP contribution in [0.1, 0.15) is 25.7 Å². The minimum absolute atomic E-state index is 0.0888. The van der Waals surface area contributed by atoms with Crippen LogP contribution in [0.25, 0.3) is 0 Å². The predicted molar refractivity (Wildman–Crippen MR) is 139 cm³/mol. The van der Waals surface area contributed by atoms with Crippen LogP contribution < -0.4 is 9.64 Å². The third-order valence-corrected chi connectivity index (χ3v) is 7.23. The van der Waals surface area contributed by atoms with Gasteiger partial charge in [0.15, 0.2) is 11.5 Å². The Kier molecular flexibility index (Phi) is 7.22. The maximum Gasteiger partial charge on any atom is 0.241 e. The Morgan fingerprint density at radius 3 is 2.58 bits per heavy atom. The number of unbranched alkanes of at least 4 members (excludes halogenated alkanes) is 2. The predicted octanol–water partition coefficient (Wildman–Crippen LogP) is 2.87. The van der Waals surface area contributed by atoms with Crippen LogP contribution in [0.15, 0.2) is 52.9 Å². The van der Waals surface area contributed by atoms with Crippen molar-refractivity contribution >= 4 is 40.5 Å². The summed E-state index contributed by atoms with van der Waals surface area (Å²) in [6.45, 7) is 3.74. The Balaban J connectivity index is 1.03. The molecule has 1 atom stereocenters. The van der Waals surface area contributed by atoms with Gasteiger partial charge >= 0.3 is 0 Å². The molecule has 0 bridgehead atoms. The van der Waals surface area contributed by atoms with Crippen molar-refractivity contribution in [2.75, 3.05) is 51.5 Å². The monoisotopic (exact) mass is 510 g/mol. The molecule has 190 valence electrons. The van der Waals surface area contributed by atoms with E-state index in [-0.39, 0.29) is 23.7 Å². The number of fused-ring (bicyclic) bond motifs is 2. The number of allylic oxidation sites excluding steroid dienone is 1. The average molecular weight is 511 g/mol. The largest absolute Gasteiger partial charge is 0.497 e. The highest BCUT2D eigenvalue weighted by Crippen LogP contribution is 2.31. The highest BCUT2D eigenvalue weighted by atomic mass is 32.1. The summed E-state index contributed by atoms with van der Waals surface area (Å²) in [4.78, 5) is 36.0. The molecule has 2 fully saturated rings. The number of nitrogens with zero attached hydrogens (tertiary/aromatic N) is 4. The minimum Gasteiger partial charge on any atom is -0.497 e. The van der Waals surface area contributed by atoms with Gasteiger partial charge in [0.1, 0.15) is 11.7 Å². The average Bonchev–Trinajstić information content (AvgIpc) is 3.36. The van der Waals surface area contributed by atoms with Gasteiger partial charge in [-0.05, 0) is 55.4 Å². The molecule has 1 unspecified atom stereocenters. The van der Waals surface area contributed by atoms with Gasteiger partial charge < -0.3 is 24.0 Å². The normalized spacial score (nSPS) is 21.1. The molecule has 36 heavy (non-hydrogen) atoms. The van der Waals surface area contributed by atoms with Gasteiger partial charge in [0.2, 0.25) is 23.7 Å². The van der Waals surface area contributed by atoms with E-state index in [0.29, 0.717) is 30.2 Å². The highest BCUT2D eigenvalue weighted by Gasteiger charge is 2.38. The molecule has 5 rings (SSSR count). The number of aliphatic imine (C=N–C) groups is 1. The number of amides is 2. The molecule has 4 aliphatic rings. The molecule has 1 aromatic rings. The van der Waals surface area contributed by atoms with Crippen molar-refractivity contribution in [3.05, 3.63) is 47.9 Å². The van der Waals surface area contributed by atoms with E-state index in [1.54, 1.807) is 24.2 Å². The van der Waals surface area contributed by atoms with Crippen molar-refractivity contribution < 1.29 is 23.8 Å². The molecule has 0 N–H and O–H groups in total. The van der Waals surface area contributed by atoms with Crippen LogP contribution >= 0.6 is 12.2 Å². The lowest BCUT2D eigenvalue weighted by molar-refractivity contribution is -0.132. The van der Waals surface area contributed by atoms with Gasteiger partial charge in [0, 0.05) is 50.9 Å². The summed E-state index contributed by atoms with van der Waals surface area (Å²) in [5.41, 5.74) is 1.75. The first-order valence-corrected chi connectivity index (χ1v) is 12.7. The smallest absolute Gasteiger partial charge is 0.241 e. The highest BCUT2D eigenvalue weighted by molar-refractivity contribution is 7.80. The number of piperazine rings is 1. The van der Waals surface area contributed by atoms with Crippen LogP contribution in [0.3, 0.4) is 0 Å². The Bertz CT molecular complexity index is 1120. The third kappa shape index (κ3) is 5.09. The molecule has 2 amide bonds. The van der Waals surface area contributed by atoms with E-state index in [0.717, 1.165) is 56.9 Å². The van der Waals surface area contributed by atoms with Gasteiger partial charge in [-0.2, -0.15) is 0 Å². The summed E-state index contributed by atoms with van der Waals surface area (Å²) < 4.78 is 16.0. The SMILES string of the molecule is COc1ccc(N2CCN(C(=O)CCCCCN3C(=O)C4C=C5OCOC5=CC4=NC3=S)CC2)cc1. The molecule has 0 aromatic heterocycles. The van der Waals surface area contributed by atoms with E-state index in [1.165, 1.54) is 0 Å². The topological polar surface area (TPSA) is 83.9 Å². The zero-order valence-corrected chi connectivity index (χ0v) is 21.2. The van der Waals surface area contributed by atoms with Crippen molar-refractivity contribution in [2.45, 2.75) is 25.7 Å². The Morgan fingerprint density at radius 1 is 1.08 bits per heavy atom. The van der Waals surface area contributed by atoms with Gasteiger partial charge in [-0.1, -0.05) is 6.42 Å². The first kappa shape index (κ1) is 24.3. The second kappa shape index (κ2) is 10.7. The zero-order chi connectivity index (χ0) is 25.1. The summed E-state index contributed by atoms with van der Waals surface area (Å²) in [6.07, 6.45) is 6.39. The van der Waals surface area contributed by atoms with Crippen molar-refractivity contribution in [3.63, 3.8) is 0 Å². The molecule has 10 heteroatoms. The molecular weight excluding hydrogens is 480 g/mol. The van der Waals surface area contributed by atoms with Crippen molar-refractivity contribution in [2.24, 2.45) is 10.9 Å². The van der Waals surface area contributed by atoms with Gasteiger partial charge in [0.05, 0.1) is 12.8 Å². The van der Waals surface area contributed by atoms with Crippen LogP contribution in [0, 0.1) is 5.92 Å². The van der Waals surface area contributed by atoms with Gasteiger partial charge in [-0.3, -0.25) is 14.5 Å². The quantitative estimate of drug-likeness (QED) is 0.393. The van der Waals surface area contributed by atoms with Gasteiger partial charge in [-0.25, -0.2) is 4.99 Å².